The van der Waals surface area contributed by atoms with Crippen molar-refractivity contribution in [1.29, 1.82) is 0 Å². The van der Waals surface area contributed by atoms with Gasteiger partial charge in [0, 0.05) is 20.3 Å². The molecule has 0 fully saturated rings. The molecule has 1 aromatic rings. The molecule has 0 amide bonds. The number of hydrogen-bond acceptors (Lipinski definition) is 4. The van der Waals surface area contributed by atoms with Crippen molar-refractivity contribution < 1.29 is 22.7 Å². The third-order valence-corrected chi connectivity index (χ3v) is 2.83. The number of rotatable bonds is 9. The van der Waals surface area contributed by atoms with Crippen molar-refractivity contribution in [2.75, 3.05) is 26.9 Å². The minimum absolute atomic E-state index is 0.302. The summed E-state index contributed by atoms with van der Waals surface area (Å²) in [6.45, 7) is 1.26. The number of nitrogens with one attached hydrogen (secondary N) is 1. The van der Waals surface area contributed by atoms with E-state index < -0.39 is 11.7 Å². The fourth-order valence-electron chi connectivity index (χ4n) is 1.72. The molecule has 3 N–H and O–H groups in total. The lowest BCUT2D eigenvalue weighted by molar-refractivity contribution is -0.137. The Balaban J connectivity index is 2.80. The Hall–Kier alpha value is -1.57. The molecule has 0 aliphatic rings. The quantitative estimate of drug-likeness (QED) is 0.543. The van der Waals surface area contributed by atoms with Crippen molar-refractivity contribution in [1.82, 2.24) is 5.48 Å². The lowest BCUT2D eigenvalue weighted by Gasteiger charge is -2.13. The van der Waals surface area contributed by atoms with Crippen molar-refractivity contribution >= 4 is 5.70 Å². The number of unbranched alkanes of at least 4 members (excludes halogenated alkanes) is 1. The monoisotopic (exact) mass is 318 g/mol. The lowest BCUT2D eigenvalue weighted by atomic mass is 10.1. The van der Waals surface area contributed by atoms with Crippen LogP contribution in [0.2, 0.25) is 0 Å². The second-order valence-electron chi connectivity index (χ2n) is 4.57. The third kappa shape index (κ3) is 6.46. The van der Waals surface area contributed by atoms with Gasteiger partial charge in [0.15, 0.2) is 0 Å². The van der Waals surface area contributed by atoms with Gasteiger partial charge in [0.1, 0.15) is 0 Å². The number of halogens is 3. The highest BCUT2D eigenvalue weighted by molar-refractivity contribution is 5.63. The van der Waals surface area contributed by atoms with Crippen molar-refractivity contribution in [3.05, 3.63) is 41.5 Å². The minimum Gasteiger partial charge on any atom is -0.385 e. The Labute approximate surface area is 128 Å². The zero-order valence-electron chi connectivity index (χ0n) is 12.5. The first-order valence-electron chi connectivity index (χ1n) is 6.93. The van der Waals surface area contributed by atoms with E-state index in [1.165, 1.54) is 12.1 Å². The number of hydrogen-bond donors (Lipinski definition) is 2. The molecule has 0 heterocycles. The van der Waals surface area contributed by atoms with Crippen molar-refractivity contribution in [2.45, 2.75) is 19.0 Å². The zero-order chi connectivity index (χ0) is 16.4. The highest BCUT2D eigenvalue weighted by Gasteiger charge is 2.30. The summed E-state index contributed by atoms with van der Waals surface area (Å²) < 4.78 is 42.7. The number of nitrogens with two attached hydrogens (primary N) is 1. The van der Waals surface area contributed by atoms with Crippen LogP contribution in [-0.2, 0) is 15.8 Å². The fourth-order valence-corrected chi connectivity index (χ4v) is 1.72. The molecular formula is C15H21F3N2O2. The van der Waals surface area contributed by atoms with E-state index in [0.29, 0.717) is 37.4 Å². The molecule has 0 bridgehead atoms. The molecule has 0 aliphatic carbocycles. The molecule has 1 aromatic carbocycles. The molecule has 124 valence electrons. The average molecular weight is 318 g/mol. The lowest BCUT2D eigenvalue weighted by Crippen LogP contribution is -2.19. The molecule has 0 aliphatic heterocycles. The molecule has 0 radical (unpaired) electrons. The molecule has 0 unspecified atom stereocenters. The van der Waals surface area contributed by atoms with E-state index in [1.54, 1.807) is 7.11 Å². The molecule has 22 heavy (non-hydrogen) atoms. The predicted molar refractivity (Wildman–Crippen MR) is 78.7 cm³/mol. The van der Waals surface area contributed by atoms with E-state index in [1.807, 2.05) is 6.08 Å². The molecular weight excluding hydrogens is 297 g/mol. The highest BCUT2D eigenvalue weighted by atomic mass is 19.4. The SMILES string of the molecule is COCCC/C=C(\NOCCN)c1ccc(C(F)(F)F)cc1. The maximum atomic E-state index is 12.6. The maximum Gasteiger partial charge on any atom is 0.416 e. The van der Waals surface area contributed by atoms with Gasteiger partial charge in [-0.1, -0.05) is 18.2 Å². The molecule has 4 nitrogen and oxygen atoms in total. The van der Waals surface area contributed by atoms with Crippen LogP contribution >= 0.6 is 0 Å². The van der Waals surface area contributed by atoms with E-state index in [4.69, 9.17) is 15.3 Å². The smallest absolute Gasteiger partial charge is 0.385 e. The van der Waals surface area contributed by atoms with Crippen LogP contribution in [0.5, 0.6) is 0 Å². The van der Waals surface area contributed by atoms with Crippen LogP contribution in [0.15, 0.2) is 30.3 Å². The number of benzene rings is 1. The molecule has 0 spiro atoms. The van der Waals surface area contributed by atoms with Gasteiger partial charge in [0.25, 0.3) is 0 Å². The minimum atomic E-state index is -4.34. The molecule has 0 saturated heterocycles. The summed E-state index contributed by atoms with van der Waals surface area (Å²) in [6.07, 6.45) is -0.967. The standard InChI is InChI=1S/C15H21F3N2O2/c1-21-10-3-2-4-14(20-22-11-9-19)12-5-7-13(8-6-12)15(16,17)18/h4-8,20H,2-3,9-11,19H2,1H3/b14-4-. The van der Waals surface area contributed by atoms with Crippen LogP contribution in [0.3, 0.4) is 0 Å². The van der Waals surface area contributed by atoms with Crippen LogP contribution in [0.25, 0.3) is 5.70 Å². The number of alkyl halides is 3. The largest absolute Gasteiger partial charge is 0.416 e. The van der Waals surface area contributed by atoms with Crippen LogP contribution in [-0.4, -0.2) is 26.9 Å². The van der Waals surface area contributed by atoms with Crippen molar-refractivity contribution in [2.24, 2.45) is 5.73 Å². The van der Waals surface area contributed by atoms with E-state index >= 15 is 0 Å². The molecule has 7 heteroatoms. The number of allylic oxidation sites excluding steroid dienone is 1. The highest BCUT2D eigenvalue weighted by Crippen LogP contribution is 2.29. The summed E-state index contributed by atoms with van der Waals surface area (Å²) in [4.78, 5) is 5.16. The van der Waals surface area contributed by atoms with Gasteiger partial charge in [-0.3, -0.25) is 10.3 Å². The van der Waals surface area contributed by atoms with Gasteiger partial charge >= 0.3 is 6.18 Å². The van der Waals surface area contributed by atoms with E-state index in [0.717, 1.165) is 18.6 Å². The van der Waals surface area contributed by atoms with Crippen molar-refractivity contribution in [3.8, 4) is 0 Å². The first kappa shape index (κ1) is 18.5. The van der Waals surface area contributed by atoms with Crippen LogP contribution in [0.1, 0.15) is 24.0 Å². The van der Waals surface area contributed by atoms with Crippen LogP contribution < -0.4 is 11.2 Å². The summed E-state index contributed by atoms with van der Waals surface area (Å²) in [5, 5.41) is 0. The second kappa shape index (κ2) is 9.45. The summed E-state index contributed by atoms with van der Waals surface area (Å²) in [6, 6.07) is 4.90. The molecule has 1 rings (SSSR count). The van der Waals surface area contributed by atoms with Gasteiger partial charge < -0.3 is 10.5 Å². The Morgan fingerprint density at radius 1 is 1.23 bits per heavy atom. The Bertz CT molecular complexity index is 459. The second-order valence-corrected chi connectivity index (χ2v) is 4.57. The van der Waals surface area contributed by atoms with Gasteiger partial charge in [0.2, 0.25) is 0 Å². The molecule has 0 aromatic heterocycles. The van der Waals surface area contributed by atoms with Gasteiger partial charge in [-0.2, -0.15) is 13.2 Å². The zero-order valence-corrected chi connectivity index (χ0v) is 12.5. The maximum absolute atomic E-state index is 12.6. The normalized spacial score (nSPS) is 12.5. The van der Waals surface area contributed by atoms with Gasteiger partial charge in [-0.05, 0) is 30.5 Å². The Morgan fingerprint density at radius 3 is 2.45 bits per heavy atom. The van der Waals surface area contributed by atoms with Gasteiger partial charge in [-0.25, -0.2) is 0 Å². The van der Waals surface area contributed by atoms with E-state index in [-0.39, 0.29) is 0 Å². The number of hydroxylamine groups is 1. The molecule has 0 atom stereocenters. The average Bonchev–Trinajstić information content (AvgIpc) is 2.49. The fraction of sp³-hybridized carbons (Fsp3) is 0.467. The topological polar surface area (TPSA) is 56.5 Å². The van der Waals surface area contributed by atoms with Gasteiger partial charge in [0.05, 0.1) is 17.9 Å². The van der Waals surface area contributed by atoms with Crippen LogP contribution in [0.4, 0.5) is 13.2 Å². The Morgan fingerprint density at radius 2 is 1.91 bits per heavy atom. The third-order valence-electron chi connectivity index (χ3n) is 2.83. The first-order valence-corrected chi connectivity index (χ1v) is 6.93. The summed E-state index contributed by atoms with van der Waals surface area (Å²) in [7, 11) is 1.61. The number of methoxy groups -OCH3 is 1. The summed E-state index contributed by atoms with van der Waals surface area (Å²) in [5.74, 6) is 0. The van der Waals surface area contributed by atoms with Gasteiger partial charge in [-0.15, -0.1) is 0 Å². The van der Waals surface area contributed by atoms with Crippen molar-refractivity contribution in [3.63, 3.8) is 0 Å². The summed E-state index contributed by atoms with van der Waals surface area (Å²) >= 11 is 0. The number of ether oxygens (including phenoxy) is 1. The predicted octanol–water partition coefficient (Wildman–Crippen LogP) is 2.95. The Kier molecular flexibility index (Phi) is 7.94. The molecule has 0 saturated carbocycles. The van der Waals surface area contributed by atoms with E-state index in [2.05, 4.69) is 5.48 Å². The van der Waals surface area contributed by atoms with Crippen LogP contribution in [0, 0.1) is 0 Å². The van der Waals surface area contributed by atoms with E-state index in [9.17, 15) is 13.2 Å². The first-order chi connectivity index (χ1) is 10.5. The summed E-state index contributed by atoms with van der Waals surface area (Å²) in [5.41, 5.74) is 8.61.